The lowest BCUT2D eigenvalue weighted by atomic mass is 10.0. The molecule has 0 amide bonds. The topological polar surface area (TPSA) is 116 Å². The van der Waals surface area contributed by atoms with Crippen LogP contribution in [0.15, 0.2) is 42.5 Å². The summed E-state index contributed by atoms with van der Waals surface area (Å²) < 4.78 is 5.17. The molecule has 0 aromatic heterocycles. The summed E-state index contributed by atoms with van der Waals surface area (Å²) in [7, 11) is 0. The molecular formula is C28H42N2O4. The van der Waals surface area contributed by atoms with Crippen molar-refractivity contribution in [3.8, 4) is 0 Å². The van der Waals surface area contributed by atoms with Gasteiger partial charge in [0.15, 0.2) is 0 Å². The lowest BCUT2D eigenvalue weighted by molar-refractivity contribution is 0.0498. The van der Waals surface area contributed by atoms with Crippen LogP contribution in [0.1, 0.15) is 104 Å². The summed E-state index contributed by atoms with van der Waals surface area (Å²) in [5, 5.41) is 8.95. The molecule has 34 heavy (non-hydrogen) atoms. The van der Waals surface area contributed by atoms with Gasteiger partial charge in [-0.25, -0.2) is 9.59 Å². The van der Waals surface area contributed by atoms with Gasteiger partial charge in [-0.15, -0.1) is 0 Å². The number of carboxylic acid groups (broad SMARTS) is 1. The van der Waals surface area contributed by atoms with Crippen LogP contribution in [0.25, 0.3) is 0 Å². The molecule has 0 aliphatic carbocycles. The summed E-state index contributed by atoms with van der Waals surface area (Å²) in [5.74, 6) is -1.27. The summed E-state index contributed by atoms with van der Waals surface area (Å²) in [6.45, 7) is 4.85. The van der Waals surface area contributed by atoms with Gasteiger partial charge < -0.3 is 21.3 Å². The fourth-order valence-corrected chi connectivity index (χ4v) is 3.57. The number of ether oxygens (including phenoxy) is 1. The number of hydrogen-bond donors (Lipinski definition) is 3. The van der Waals surface area contributed by atoms with E-state index in [2.05, 4.69) is 13.8 Å². The van der Waals surface area contributed by atoms with Gasteiger partial charge in [0.2, 0.25) is 0 Å². The Bertz CT molecular complexity index is 867. The van der Waals surface area contributed by atoms with Gasteiger partial charge in [0, 0.05) is 11.4 Å². The monoisotopic (exact) mass is 470 g/mol. The van der Waals surface area contributed by atoms with Gasteiger partial charge >= 0.3 is 11.9 Å². The van der Waals surface area contributed by atoms with Crippen molar-refractivity contribution < 1.29 is 19.4 Å². The molecule has 0 aliphatic heterocycles. The van der Waals surface area contributed by atoms with Crippen molar-refractivity contribution >= 4 is 23.3 Å². The molecule has 2 aromatic carbocycles. The Labute approximate surface area is 204 Å². The zero-order valence-electron chi connectivity index (χ0n) is 20.9. The van der Waals surface area contributed by atoms with Crippen molar-refractivity contribution in [2.75, 3.05) is 18.1 Å². The minimum absolute atomic E-state index is 0.219. The first kappa shape index (κ1) is 29.0. The standard InChI is InChI=1S/2C14H21NO2/c1-2-3-4-5-8-11-17-14(16)12-9-6-7-10-13(12)15;1-2-3-4-5-6-8-11-9-7-10-12(13(11)15)14(16)17/h6-7,9-10H,2-5,8,11,15H2,1H3;7,9-10H,2-6,8,15H2,1H3,(H,16,17). The fraction of sp³-hybridized carbons (Fsp3) is 0.500. The van der Waals surface area contributed by atoms with E-state index in [0.717, 1.165) is 31.2 Å². The van der Waals surface area contributed by atoms with Crippen molar-refractivity contribution in [2.24, 2.45) is 0 Å². The van der Waals surface area contributed by atoms with Crippen LogP contribution in [0.2, 0.25) is 0 Å². The van der Waals surface area contributed by atoms with Crippen LogP contribution in [0.4, 0.5) is 11.4 Å². The number of unbranched alkanes of at least 4 members (excludes halogenated alkanes) is 8. The van der Waals surface area contributed by atoms with Gasteiger partial charge in [0.25, 0.3) is 0 Å². The molecule has 188 valence electrons. The fourth-order valence-electron chi connectivity index (χ4n) is 3.57. The highest BCUT2D eigenvalue weighted by Gasteiger charge is 2.11. The van der Waals surface area contributed by atoms with Gasteiger partial charge in [-0.05, 0) is 43.0 Å². The molecule has 0 fully saturated rings. The van der Waals surface area contributed by atoms with E-state index in [-0.39, 0.29) is 11.5 Å². The number of nitrogens with two attached hydrogens (primary N) is 2. The molecule has 0 aliphatic rings. The summed E-state index contributed by atoms with van der Waals surface area (Å²) >= 11 is 0. The lowest BCUT2D eigenvalue weighted by Gasteiger charge is -2.08. The second-order valence-electron chi connectivity index (χ2n) is 8.49. The normalized spacial score (nSPS) is 10.3. The number of hydrogen-bond acceptors (Lipinski definition) is 5. The van der Waals surface area contributed by atoms with E-state index in [1.165, 1.54) is 44.9 Å². The van der Waals surface area contributed by atoms with Crippen LogP contribution in [0.5, 0.6) is 0 Å². The smallest absolute Gasteiger partial charge is 0.340 e. The second-order valence-corrected chi connectivity index (χ2v) is 8.49. The van der Waals surface area contributed by atoms with Crippen molar-refractivity contribution in [3.63, 3.8) is 0 Å². The van der Waals surface area contributed by atoms with Gasteiger partial charge in [0.05, 0.1) is 17.7 Å². The highest BCUT2D eigenvalue weighted by molar-refractivity contribution is 5.95. The second kappa shape index (κ2) is 17.5. The summed E-state index contributed by atoms with van der Waals surface area (Å²) in [5.41, 5.74) is 14.1. The number of carbonyl (C=O) groups is 2. The van der Waals surface area contributed by atoms with Crippen LogP contribution in [-0.4, -0.2) is 23.7 Å². The van der Waals surface area contributed by atoms with E-state index in [4.69, 9.17) is 21.3 Å². The third kappa shape index (κ3) is 11.2. The number of para-hydroxylation sites is 2. The first-order valence-corrected chi connectivity index (χ1v) is 12.5. The molecular weight excluding hydrogens is 428 g/mol. The molecule has 5 N–H and O–H groups in total. The largest absolute Gasteiger partial charge is 0.478 e. The number of rotatable bonds is 14. The van der Waals surface area contributed by atoms with Crippen molar-refractivity contribution in [1.29, 1.82) is 0 Å². The van der Waals surface area contributed by atoms with Crippen LogP contribution in [-0.2, 0) is 11.2 Å². The summed E-state index contributed by atoms with van der Waals surface area (Å²) in [6.07, 6.45) is 12.6. The van der Waals surface area contributed by atoms with E-state index in [0.29, 0.717) is 23.5 Å². The minimum Gasteiger partial charge on any atom is -0.478 e. The molecule has 0 saturated carbocycles. The quantitative estimate of drug-likeness (QED) is 0.157. The molecule has 6 heteroatoms. The molecule has 0 atom stereocenters. The molecule has 2 rings (SSSR count). The number of carbonyl (C=O) groups excluding carboxylic acids is 1. The van der Waals surface area contributed by atoms with Crippen LogP contribution >= 0.6 is 0 Å². The number of nitrogen functional groups attached to an aromatic ring is 2. The Kier molecular flexibility index (Phi) is 14.9. The number of esters is 1. The Morgan fingerprint density at radius 3 is 1.97 bits per heavy atom. The summed E-state index contributed by atoms with van der Waals surface area (Å²) in [6, 6.07) is 12.2. The third-order valence-electron chi connectivity index (χ3n) is 5.64. The number of aryl methyl sites for hydroxylation is 1. The summed E-state index contributed by atoms with van der Waals surface area (Å²) in [4.78, 5) is 22.6. The van der Waals surface area contributed by atoms with E-state index in [9.17, 15) is 9.59 Å². The molecule has 0 heterocycles. The third-order valence-corrected chi connectivity index (χ3v) is 5.64. The first-order valence-electron chi connectivity index (χ1n) is 12.5. The Morgan fingerprint density at radius 1 is 0.765 bits per heavy atom. The number of anilines is 2. The number of aromatic carboxylic acids is 1. The van der Waals surface area contributed by atoms with Crippen LogP contribution in [0.3, 0.4) is 0 Å². The van der Waals surface area contributed by atoms with Crippen molar-refractivity contribution in [3.05, 3.63) is 59.2 Å². The number of benzene rings is 2. The van der Waals surface area contributed by atoms with Gasteiger partial charge in [-0.2, -0.15) is 0 Å². The maximum atomic E-state index is 11.7. The maximum absolute atomic E-state index is 11.7. The predicted octanol–water partition coefficient (Wildman–Crippen LogP) is 6.88. The van der Waals surface area contributed by atoms with E-state index in [1.807, 2.05) is 6.07 Å². The average Bonchev–Trinajstić information content (AvgIpc) is 2.82. The Balaban J connectivity index is 0.000000340. The number of carboxylic acids is 1. The molecule has 0 radical (unpaired) electrons. The van der Waals surface area contributed by atoms with Gasteiger partial charge in [-0.3, -0.25) is 0 Å². The molecule has 2 aromatic rings. The SMILES string of the molecule is CCCCCCCOC(=O)c1ccccc1N.CCCCCCCc1cccc(C(=O)O)c1N. The van der Waals surface area contributed by atoms with E-state index >= 15 is 0 Å². The predicted molar refractivity (Wildman–Crippen MR) is 140 cm³/mol. The average molecular weight is 471 g/mol. The maximum Gasteiger partial charge on any atom is 0.340 e. The molecule has 6 nitrogen and oxygen atoms in total. The van der Waals surface area contributed by atoms with Gasteiger partial charge in [-0.1, -0.05) is 89.5 Å². The zero-order valence-corrected chi connectivity index (χ0v) is 20.9. The highest BCUT2D eigenvalue weighted by atomic mass is 16.5. The molecule has 0 spiro atoms. The van der Waals surface area contributed by atoms with E-state index < -0.39 is 5.97 Å². The molecule has 0 unspecified atom stereocenters. The van der Waals surface area contributed by atoms with Crippen LogP contribution in [0, 0.1) is 0 Å². The highest BCUT2D eigenvalue weighted by Crippen LogP contribution is 2.20. The van der Waals surface area contributed by atoms with E-state index in [1.54, 1.807) is 36.4 Å². The van der Waals surface area contributed by atoms with Crippen molar-refractivity contribution in [2.45, 2.75) is 84.5 Å². The molecule has 0 saturated heterocycles. The van der Waals surface area contributed by atoms with Crippen LogP contribution < -0.4 is 11.5 Å². The van der Waals surface area contributed by atoms with Crippen molar-refractivity contribution in [1.82, 2.24) is 0 Å². The minimum atomic E-state index is -0.949. The molecule has 0 bridgehead atoms. The zero-order chi connectivity index (χ0) is 25.2. The lowest BCUT2D eigenvalue weighted by Crippen LogP contribution is -2.09. The first-order chi connectivity index (χ1) is 16.4. The Hall–Kier alpha value is -3.02. The Morgan fingerprint density at radius 2 is 1.35 bits per heavy atom. The van der Waals surface area contributed by atoms with Gasteiger partial charge in [0.1, 0.15) is 0 Å².